The van der Waals surface area contributed by atoms with E-state index < -0.39 is 0 Å². The lowest BCUT2D eigenvalue weighted by Gasteiger charge is -2.01. The number of aromatic nitrogens is 2. The van der Waals surface area contributed by atoms with Crippen LogP contribution in [0.2, 0.25) is 0 Å². The van der Waals surface area contributed by atoms with Gasteiger partial charge in [0, 0.05) is 18.3 Å². The van der Waals surface area contributed by atoms with Crippen LogP contribution in [0.4, 0.5) is 4.39 Å². The summed E-state index contributed by atoms with van der Waals surface area (Å²) >= 11 is 0. The first-order valence-electron chi connectivity index (χ1n) is 5.65. The Kier molecular flexibility index (Phi) is 6.00. The van der Waals surface area contributed by atoms with E-state index in [1.165, 1.54) is 19.3 Å². The van der Waals surface area contributed by atoms with E-state index >= 15 is 0 Å². The number of hydrogen-bond acceptors (Lipinski definition) is 2. The summed E-state index contributed by atoms with van der Waals surface area (Å²) in [6.07, 6.45) is 7.42. The normalized spacial score (nSPS) is 10.8. The quantitative estimate of drug-likeness (QED) is 0.670. The van der Waals surface area contributed by atoms with Gasteiger partial charge in [-0.1, -0.05) is 19.8 Å². The van der Waals surface area contributed by atoms with E-state index in [-0.39, 0.29) is 6.67 Å². The zero-order valence-electron chi connectivity index (χ0n) is 9.38. The number of nitrogens with one attached hydrogen (secondary N) is 1. The molecule has 0 radical (unpaired) electrons. The van der Waals surface area contributed by atoms with Gasteiger partial charge in [0.1, 0.15) is 6.67 Å². The van der Waals surface area contributed by atoms with Gasteiger partial charge in [0.15, 0.2) is 0 Å². The summed E-state index contributed by atoms with van der Waals surface area (Å²) in [4.78, 5) is 0. The Morgan fingerprint density at radius 3 is 3.07 bits per heavy atom. The van der Waals surface area contributed by atoms with Crippen LogP contribution in [0.1, 0.15) is 31.7 Å². The molecule has 0 aromatic carbocycles. The van der Waals surface area contributed by atoms with Gasteiger partial charge in [-0.2, -0.15) is 5.10 Å². The van der Waals surface area contributed by atoms with Crippen LogP contribution in [0.5, 0.6) is 0 Å². The third-order valence-electron chi connectivity index (χ3n) is 2.29. The van der Waals surface area contributed by atoms with E-state index in [1.54, 1.807) is 10.9 Å². The average molecular weight is 213 g/mol. The first-order valence-corrected chi connectivity index (χ1v) is 5.65. The first-order chi connectivity index (χ1) is 7.36. The van der Waals surface area contributed by atoms with Gasteiger partial charge in [-0.25, -0.2) is 4.39 Å². The lowest BCUT2D eigenvalue weighted by molar-refractivity contribution is 0.427. The first kappa shape index (κ1) is 12.2. The Bertz CT molecular complexity index is 260. The summed E-state index contributed by atoms with van der Waals surface area (Å²) in [5.74, 6) is 0. The SMILES string of the molecule is CCCCCNCc1cnn(CCF)c1. The van der Waals surface area contributed by atoms with E-state index in [1.807, 2.05) is 6.20 Å². The van der Waals surface area contributed by atoms with Gasteiger partial charge in [-0.05, 0) is 13.0 Å². The fourth-order valence-corrected chi connectivity index (χ4v) is 1.44. The van der Waals surface area contributed by atoms with E-state index in [9.17, 15) is 4.39 Å². The number of hydrogen-bond donors (Lipinski definition) is 1. The zero-order valence-corrected chi connectivity index (χ0v) is 9.38. The van der Waals surface area contributed by atoms with Gasteiger partial charge in [0.2, 0.25) is 0 Å². The molecule has 1 aromatic heterocycles. The molecule has 3 nitrogen and oxygen atoms in total. The maximum Gasteiger partial charge on any atom is 0.109 e. The second-order valence-electron chi connectivity index (χ2n) is 3.68. The molecule has 1 heterocycles. The smallest absolute Gasteiger partial charge is 0.109 e. The van der Waals surface area contributed by atoms with Gasteiger partial charge in [0.05, 0.1) is 12.7 Å². The molecule has 0 unspecified atom stereocenters. The van der Waals surface area contributed by atoms with E-state index in [0.29, 0.717) is 6.54 Å². The van der Waals surface area contributed by atoms with Crippen LogP contribution in [-0.4, -0.2) is 23.0 Å². The van der Waals surface area contributed by atoms with Crippen LogP contribution in [0, 0.1) is 0 Å². The van der Waals surface area contributed by atoms with Crippen molar-refractivity contribution in [2.75, 3.05) is 13.2 Å². The lowest BCUT2D eigenvalue weighted by atomic mass is 10.2. The van der Waals surface area contributed by atoms with Gasteiger partial charge >= 0.3 is 0 Å². The van der Waals surface area contributed by atoms with Crippen molar-refractivity contribution < 1.29 is 4.39 Å². The standard InChI is InChI=1S/C11H20FN3/c1-2-3-4-6-13-8-11-9-14-15(10-11)7-5-12/h9-10,13H,2-8H2,1H3. The molecule has 86 valence electrons. The van der Waals surface area contributed by atoms with Gasteiger partial charge < -0.3 is 5.32 Å². The highest BCUT2D eigenvalue weighted by Crippen LogP contribution is 1.98. The molecule has 0 aliphatic carbocycles. The topological polar surface area (TPSA) is 29.9 Å². The molecule has 0 saturated carbocycles. The van der Waals surface area contributed by atoms with Crippen LogP contribution in [0.15, 0.2) is 12.4 Å². The molecule has 4 heteroatoms. The predicted molar refractivity (Wildman–Crippen MR) is 59.4 cm³/mol. The molecule has 0 fully saturated rings. The third kappa shape index (κ3) is 4.93. The second kappa shape index (κ2) is 7.40. The minimum Gasteiger partial charge on any atom is -0.313 e. The summed E-state index contributed by atoms with van der Waals surface area (Å²) in [6, 6.07) is 0. The summed E-state index contributed by atoms with van der Waals surface area (Å²) in [6.45, 7) is 4.07. The van der Waals surface area contributed by atoms with Crippen molar-refractivity contribution in [2.45, 2.75) is 39.3 Å². The van der Waals surface area contributed by atoms with Crippen molar-refractivity contribution in [2.24, 2.45) is 0 Å². The van der Waals surface area contributed by atoms with Crippen molar-refractivity contribution >= 4 is 0 Å². The predicted octanol–water partition coefficient (Wildman–Crippen LogP) is 2.13. The highest BCUT2D eigenvalue weighted by atomic mass is 19.1. The van der Waals surface area contributed by atoms with Gasteiger partial charge in [-0.15, -0.1) is 0 Å². The maximum absolute atomic E-state index is 12.0. The van der Waals surface area contributed by atoms with E-state index in [0.717, 1.165) is 18.7 Å². The zero-order chi connectivity index (χ0) is 10.9. The Balaban J connectivity index is 2.14. The molecule has 0 atom stereocenters. The molecule has 0 spiro atoms. The van der Waals surface area contributed by atoms with Crippen molar-refractivity contribution in [3.8, 4) is 0 Å². The van der Waals surface area contributed by atoms with Crippen LogP contribution >= 0.6 is 0 Å². The number of aryl methyl sites for hydroxylation is 1. The Morgan fingerprint density at radius 2 is 2.33 bits per heavy atom. The van der Waals surface area contributed by atoms with Gasteiger partial charge in [0.25, 0.3) is 0 Å². The molecule has 1 rings (SSSR count). The molecule has 1 N–H and O–H groups in total. The number of nitrogens with zero attached hydrogens (tertiary/aromatic N) is 2. The Hall–Kier alpha value is -0.900. The summed E-state index contributed by atoms with van der Waals surface area (Å²) in [5.41, 5.74) is 1.12. The van der Waals surface area contributed by atoms with E-state index in [2.05, 4.69) is 17.3 Å². The van der Waals surface area contributed by atoms with Crippen LogP contribution in [0.25, 0.3) is 0 Å². The molecule has 15 heavy (non-hydrogen) atoms. The fraction of sp³-hybridized carbons (Fsp3) is 0.727. The second-order valence-corrected chi connectivity index (χ2v) is 3.68. The number of rotatable bonds is 8. The number of halogens is 1. The fourth-order valence-electron chi connectivity index (χ4n) is 1.44. The Labute approximate surface area is 90.7 Å². The molecule has 1 aromatic rings. The summed E-state index contributed by atoms with van der Waals surface area (Å²) in [5, 5.41) is 7.40. The number of alkyl halides is 1. The molecule has 0 saturated heterocycles. The van der Waals surface area contributed by atoms with Crippen LogP contribution in [-0.2, 0) is 13.1 Å². The van der Waals surface area contributed by atoms with Gasteiger partial charge in [-0.3, -0.25) is 4.68 Å². The highest BCUT2D eigenvalue weighted by Gasteiger charge is 1.97. The van der Waals surface area contributed by atoms with E-state index in [4.69, 9.17) is 0 Å². The largest absolute Gasteiger partial charge is 0.313 e. The van der Waals surface area contributed by atoms with Crippen LogP contribution < -0.4 is 5.32 Å². The van der Waals surface area contributed by atoms with Crippen molar-refractivity contribution in [3.05, 3.63) is 18.0 Å². The van der Waals surface area contributed by atoms with Crippen LogP contribution in [0.3, 0.4) is 0 Å². The molecule has 0 bridgehead atoms. The number of unbranched alkanes of at least 4 members (excludes halogenated alkanes) is 2. The van der Waals surface area contributed by atoms with Crippen molar-refractivity contribution in [1.29, 1.82) is 0 Å². The maximum atomic E-state index is 12.0. The monoisotopic (exact) mass is 213 g/mol. The lowest BCUT2D eigenvalue weighted by Crippen LogP contribution is -2.14. The summed E-state index contributed by atoms with van der Waals surface area (Å²) < 4.78 is 13.6. The highest BCUT2D eigenvalue weighted by molar-refractivity contribution is 5.03. The van der Waals surface area contributed by atoms with Crippen molar-refractivity contribution in [3.63, 3.8) is 0 Å². The molecule has 0 amide bonds. The Morgan fingerprint density at radius 1 is 1.47 bits per heavy atom. The molecule has 0 aliphatic heterocycles. The average Bonchev–Trinajstić information content (AvgIpc) is 2.66. The molecular weight excluding hydrogens is 193 g/mol. The minimum absolute atomic E-state index is 0.356. The van der Waals surface area contributed by atoms with Crippen molar-refractivity contribution in [1.82, 2.24) is 15.1 Å². The summed E-state index contributed by atoms with van der Waals surface area (Å²) in [7, 11) is 0. The third-order valence-corrected chi connectivity index (χ3v) is 2.29. The minimum atomic E-state index is -0.356. The molecular formula is C11H20FN3. The molecule has 0 aliphatic rings.